The Morgan fingerprint density at radius 2 is 2.37 bits per heavy atom. The maximum absolute atomic E-state index is 11.4. The van der Waals surface area contributed by atoms with E-state index < -0.39 is 5.97 Å². The van der Waals surface area contributed by atoms with Gasteiger partial charge in [0.05, 0.1) is 0 Å². The van der Waals surface area contributed by atoms with Crippen LogP contribution in [0.3, 0.4) is 0 Å². The van der Waals surface area contributed by atoms with E-state index >= 15 is 0 Å². The van der Waals surface area contributed by atoms with Crippen LogP contribution < -0.4 is 5.32 Å². The molecule has 0 bridgehead atoms. The normalized spacial score (nSPS) is 20.2. The number of carboxylic acids is 1. The largest absolute Gasteiger partial charge is 0.477 e. The van der Waals surface area contributed by atoms with Crippen LogP contribution in [0.2, 0.25) is 0 Å². The fraction of sp³-hybridized carbons (Fsp3) is 0.429. The maximum atomic E-state index is 11.4. The molecule has 0 aliphatic carbocycles. The first-order valence-corrected chi connectivity index (χ1v) is 7.31. The third kappa shape index (κ3) is 3.92. The molecule has 102 valence electrons. The Kier molecular flexibility index (Phi) is 4.74. The molecule has 0 saturated carbocycles. The van der Waals surface area contributed by atoms with E-state index in [0.717, 1.165) is 31.2 Å². The zero-order valence-electron chi connectivity index (χ0n) is 10.6. The van der Waals surface area contributed by atoms with Crippen molar-refractivity contribution in [3.05, 3.63) is 28.0 Å². The first-order chi connectivity index (χ1) is 9.16. The molecule has 0 radical (unpaired) electrons. The lowest BCUT2D eigenvalue weighted by Crippen LogP contribution is -2.32. The Bertz CT molecular complexity index is 493. The third-order valence-electron chi connectivity index (χ3n) is 3.18. The number of nitrogens with one attached hydrogen (secondary N) is 1. The summed E-state index contributed by atoms with van der Waals surface area (Å²) in [6.45, 7) is 0. The SMILES string of the molecule is O=C1CCCCC(CC=Cc2ccsc2C(=O)O)N1. The van der Waals surface area contributed by atoms with Crippen LogP contribution in [-0.2, 0) is 4.79 Å². The molecule has 1 fully saturated rings. The average Bonchev–Trinajstić information content (AvgIpc) is 2.73. The van der Waals surface area contributed by atoms with Crippen LogP contribution in [0.5, 0.6) is 0 Å². The quantitative estimate of drug-likeness (QED) is 0.890. The molecule has 19 heavy (non-hydrogen) atoms. The Morgan fingerprint density at radius 3 is 3.16 bits per heavy atom. The maximum Gasteiger partial charge on any atom is 0.346 e. The lowest BCUT2D eigenvalue weighted by atomic mass is 10.1. The van der Waals surface area contributed by atoms with Crippen molar-refractivity contribution in [1.82, 2.24) is 5.32 Å². The molecule has 2 rings (SSSR count). The highest BCUT2D eigenvalue weighted by atomic mass is 32.1. The standard InChI is InChI=1S/C14H17NO3S/c16-12-7-2-1-5-11(15-12)6-3-4-10-8-9-19-13(10)14(17)18/h3-4,8-9,11H,1-2,5-7H2,(H,15,16)(H,17,18). The van der Waals surface area contributed by atoms with Gasteiger partial charge in [-0.1, -0.05) is 18.6 Å². The number of amides is 1. The Labute approximate surface area is 116 Å². The molecule has 4 nitrogen and oxygen atoms in total. The van der Waals surface area contributed by atoms with Gasteiger partial charge < -0.3 is 10.4 Å². The molecule has 1 unspecified atom stereocenters. The summed E-state index contributed by atoms with van der Waals surface area (Å²) >= 11 is 1.23. The van der Waals surface area contributed by atoms with Crippen molar-refractivity contribution < 1.29 is 14.7 Å². The Morgan fingerprint density at radius 1 is 1.53 bits per heavy atom. The van der Waals surface area contributed by atoms with E-state index in [9.17, 15) is 9.59 Å². The van der Waals surface area contributed by atoms with Crippen molar-refractivity contribution in [2.24, 2.45) is 0 Å². The predicted molar refractivity (Wildman–Crippen MR) is 75.3 cm³/mol. The predicted octanol–water partition coefficient (Wildman–Crippen LogP) is 2.91. The number of aromatic carboxylic acids is 1. The molecule has 1 aliphatic heterocycles. The van der Waals surface area contributed by atoms with E-state index in [1.54, 1.807) is 11.4 Å². The lowest BCUT2D eigenvalue weighted by Gasteiger charge is -2.12. The topological polar surface area (TPSA) is 66.4 Å². The zero-order valence-corrected chi connectivity index (χ0v) is 11.4. The molecular formula is C14H17NO3S. The van der Waals surface area contributed by atoms with Gasteiger partial charge in [0.1, 0.15) is 4.88 Å². The Balaban J connectivity index is 1.93. The lowest BCUT2D eigenvalue weighted by molar-refractivity contribution is -0.121. The summed E-state index contributed by atoms with van der Waals surface area (Å²) in [4.78, 5) is 22.7. The summed E-state index contributed by atoms with van der Waals surface area (Å²) in [6, 6.07) is 1.98. The van der Waals surface area contributed by atoms with Crippen LogP contribution in [-0.4, -0.2) is 23.0 Å². The molecule has 1 saturated heterocycles. The molecule has 1 aliphatic rings. The van der Waals surface area contributed by atoms with Gasteiger partial charge in [-0.05, 0) is 36.3 Å². The van der Waals surface area contributed by atoms with Crippen molar-refractivity contribution in [2.45, 2.75) is 38.1 Å². The number of carboxylic acid groups (broad SMARTS) is 1. The number of rotatable bonds is 4. The highest BCUT2D eigenvalue weighted by Crippen LogP contribution is 2.19. The zero-order chi connectivity index (χ0) is 13.7. The minimum atomic E-state index is -0.891. The molecule has 0 aromatic carbocycles. The van der Waals surface area contributed by atoms with Crippen molar-refractivity contribution >= 4 is 29.3 Å². The number of thiophene rings is 1. The molecule has 1 aromatic rings. The van der Waals surface area contributed by atoms with E-state index in [4.69, 9.17) is 5.11 Å². The summed E-state index contributed by atoms with van der Waals surface area (Å²) in [5, 5.41) is 13.8. The van der Waals surface area contributed by atoms with Gasteiger partial charge >= 0.3 is 5.97 Å². The number of carbonyl (C=O) groups is 2. The van der Waals surface area contributed by atoms with Crippen LogP contribution in [0, 0.1) is 0 Å². The first-order valence-electron chi connectivity index (χ1n) is 6.43. The fourth-order valence-electron chi connectivity index (χ4n) is 2.21. The summed E-state index contributed by atoms with van der Waals surface area (Å²) < 4.78 is 0. The first kappa shape index (κ1) is 13.8. The van der Waals surface area contributed by atoms with Crippen LogP contribution in [0.25, 0.3) is 6.08 Å². The molecule has 1 atom stereocenters. The molecule has 2 N–H and O–H groups in total. The monoisotopic (exact) mass is 279 g/mol. The average molecular weight is 279 g/mol. The smallest absolute Gasteiger partial charge is 0.346 e. The Hall–Kier alpha value is -1.62. The second kappa shape index (κ2) is 6.52. The number of hydrogen-bond acceptors (Lipinski definition) is 3. The van der Waals surface area contributed by atoms with E-state index in [-0.39, 0.29) is 11.9 Å². The summed E-state index contributed by atoms with van der Waals surface area (Å²) in [5.74, 6) is -0.768. The van der Waals surface area contributed by atoms with Gasteiger partial charge in [-0.3, -0.25) is 4.79 Å². The van der Waals surface area contributed by atoms with E-state index in [2.05, 4.69) is 5.32 Å². The van der Waals surface area contributed by atoms with Crippen LogP contribution in [0.1, 0.15) is 47.3 Å². The van der Waals surface area contributed by atoms with Crippen molar-refractivity contribution in [1.29, 1.82) is 0 Å². The fourth-order valence-corrected chi connectivity index (χ4v) is 2.93. The third-order valence-corrected chi connectivity index (χ3v) is 4.10. The van der Waals surface area contributed by atoms with Crippen molar-refractivity contribution in [2.75, 3.05) is 0 Å². The summed E-state index contributed by atoms with van der Waals surface area (Å²) in [6.07, 6.45) is 8.16. The van der Waals surface area contributed by atoms with E-state index in [1.807, 2.05) is 12.2 Å². The van der Waals surface area contributed by atoms with Crippen molar-refractivity contribution in [3.8, 4) is 0 Å². The van der Waals surface area contributed by atoms with Gasteiger partial charge in [0.25, 0.3) is 0 Å². The van der Waals surface area contributed by atoms with Crippen molar-refractivity contribution in [3.63, 3.8) is 0 Å². The highest BCUT2D eigenvalue weighted by Gasteiger charge is 2.15. The van der Waals surface area contributed by atoms with E-state index in [0.29, 0.717) is 11.3 Å². The van der Waals surface area contributed by atoms with Crippen LogP contribution in [0.4, 0.5) is 0 Å². The van der Waals surface area contributed by atoms with Gasteiger partial charge in [-0.25, -0.2) is 4.79 Å². The van der Waals surface area contributed by atoms with Gasteiger partial charge in [0.15, 0.2) is 0 Å². The minimum absolute atomic E-state index is 0.123. The molecule has 1 aromatic heterocycles. The molecule has 2 heterocycles. The highest BCUT2D eigenvalue weighted by molar-refractivity contribution is 7.12. The molecule has 0 spiro atoms. The number of hydrogen-bond donors (Lipinski definition) is 2. The van der Waals surface area contributed by atoms with E-state index in [1.165, 1.54) is 11.3 Å². The molecule has 5 heteroatoms. The van der Waals surface area contributed by atoms with Gasteiger partial charge in [0, 0.05) is 12.5 Å². The second-order valence-corrected chi connectivity index (χ2v) is 5.57. The molecule has 1 amide bonds. The molecular weight excluding hydrogens is 262 g/mol. The van der Waals surface area contributed by atoms with Gasteiger partial charge in [-0.15, -0.1) is 11.3 Å². The van der Waals surface area contributed by atoms with Gasteiger partial charge in [-0.2, -0.15) is 0 Å². The summed E-state index contributed by atoms with van der Waals surface area (Å²) in [7, 11) is 0. The minimum Gasteiger partial charge on any atom is -0.477 e. The van der Waals surface area contributed by atoms with Crippen LogP contribution in [0.15, 0.2) is 17.5 Å². The van der Waals surface area contributed by atoms with Gasteiger partial charge in [0.2, 0.25) is 5.91 Å². The summed E-state index contributed by atoms with van der Waals surface area (Å²) in [5.41, 5.74) is 0.734. The second-order valence-electron chi connectivity index (χ2n) is 4.66. The van der Waals surface area contributed by atoms with Crippen LogP contribution >= 0.6 is 11.3 Å². The number of carbonyl (C=O) groups excluding carboxylic acids is 1.